The summed E-state index contributed by atoms with van der Waals surface area (Å²) in [7, 11) is -3.41. The van der Waals surface area contributed by atoms with Crippen LogP contribution in [0.2, 0.25) is 5.02 Å². The molecule has 0 saturated carbocycles. The number of likely N-dealkylation sites (tertiary alicyclic amines) is 2. The summed E-state index contributed by atoms with van der Waals surface area (Å²) in [4.78, 5) is 29.5. The number of alkyl halides is 3. The summed E-state index contributed by atoms with van der Waals surface area (Å²) in [5, 5.41) is 3.90. The van der Waals surface area contributed by atoms with Gasteiger partial charge >= 0.3 is 0 Å². The molecule has 0 aliphatic carbocycles. The Balaban J connectivity index is 1.47. The Labute approximate surface area is 219 Å². The van der Waals surface area contributed by atoms with E-state index >= 15 is 4.39 Å². The Morgan fingerprint density at radius 3 is 2.54 bits per heavy atom. The van der Waals surface area contributed by atoms with E-state index in [0.29, 0.717) is 10.6 Å². The number of nitrogens with one attached hydrogen (secondary N) is 1. The van der Waals surface area contributed by atoms with Gasteiger partial charge in [0.1, 0.15) is 0 Å². The third-order valence-electron chi connectivity index (χ3n) is 7.36. The molecule has 4 rings (SSSR count). The molecule has 0 radical (unpaired) electrons. The summed E-state index contributed by atoms with van der Waals surface area (Å²) in [6, 6.07) is 5.59. The number of halogens is 4. The zero-order valence-electron chi connectivity index (χ0n) is 20.7. The second-order valence-electron chi connectivity index (χ2n) is 10.5. The van der Waals surface area contributed by atoms with Crippen molar-refractivity contribution in [3.63, 3.8) is 0 Å². The van der Waals surface area contributed by atoms with Crippen LogP contribution in [-0.2, 0) is 19.4 Å². The minimum atomic E-state index is -3.41. The number of benzene rings is 1. The van der Waals surface area contributed by atoms with E-state index < -0.39 is 57.8 Å². The van der Waals surface area contributed by atoms with Crippen LogP contribution in [0, 0.1) is 5.92 Å². The van der Waals surface area contributed by atoms with E-state index in [9.17, 15) is 26.8 Å². The van der Waals surface area contributed by atoms with E-state index in [2.05, 4.69) is 5.32 Å². The maximum Gasteiger partial charge on any atom is 0.258 e. The highest BCUT2D eigenvalue weighted by atomic mass is 35.5. The van der Waals surface area contributed by atoms with Gasteiger partial charge in [0, 0.05) is 61.8 Å². The van der Waals surface area contributed by atoms with E-state index in [4.69, 9.17) is 11.6 Å². The van der Waals surface area contributed by atoms with Gasteiger partial charge in [0.15, 0.2) is 15.5 Å². The van der Waals surface area contributed by atoms with Crippen molar-refractivity contribution in [1.82, 2.24) is 15.1 Å². The second-order valence-corrected chi connectivity index (χ2v) is 12.9. The second kappa shape index (κ2) is 10.2. The first-order chi connectivity index (χ1) is 17.2. The predicted molar refractivity (Wildman–Crippen MR) is 134 cm³/mol. The Hall–Kier alpha value is -2.11. The van der Waals surface area contributed by atoms with Gasteiger partial charge in [-0.05, 0) is 24.6 Å². The molecule has 12 heteroatoms. The number of hydrogen-bond acceptors (Lipinski definition) is 5. The fourth-order valence-electron chi connectivity index (χ4n) is 5.66. The van der Waals surface area contributed by atoms with Crippen molar-refractivity contribution < 1.29 is 31.2 Å². The molecular weight excluding hydrogens is 531 g/mol. The summed E-state index contributed by atoms with van der Waals surface area (Å²) in [5.41, 5.74) is -1.56. The van der Waals surface area contributed by atoms with Crippen LogP contribution in [0.5, 0.6) is 0 Å². The maximum atomic E-state index is 15.7. The number of amides is 2. The van der Waals surface area contributed by atoms with Crippen molar-refractivity contribution in [3.05, 3.63) is 46.3 Å². The van der Waals surface area contributed by atoms with Crippen LogP contribution in [0.15, 0.2) is 35.7 Å². The molecule has 204 valence electrons. The number of piperidine rings is 1. The molecule has 2 saturated heterocycles. The van der Waals surface area contributed by atoms with Gasteiger partial charge in [0.05, 0.1) is 24.3 Å². The van der Waals surface area contributed by atoms with Gasteiger partial charge in [-0.15, -0.1) is 0 Å². The summed E-state index contributed by atoms with van der Waals surface area (Å²) in [6.45, 7) is 2.31. The van der Waals surface area contributed by atoms with Crippen molar-refractivity contribution in [1.29, 1.82) is 0 Å². The maximum absolute atomic E-state index is 15.7. The van der Waals surface area contributed by atoms with Crippen LogP contribution in [0.1, 0.15) is 38.2 Å². The Morgan fingerprint density at radius 1 is 1.24 bits per heavy atom. The molecule has 3 aliphatic rings. The number of carbonyl (C=O) groups excluding carboxylic acids is 2. The highest BCUT2D eigenvalue weighted by Crippen LogP contribution is 2.40. The first-order valence-corrected chi connectivity index (χ1v) is 14.3. The lowest BCUT2D eigenvalue weighted by atomic mass is 9.84. The molecule has 3 heterocycles. The molecule has 1 aromatic rings. The number of rotatable bonds is 6. The molecule has 37 heavy (non-hydrogen) atoms. The van der Waals surface area contributed by atoms with E-state index in [0.717, 1.165) is 12.3 Å². The lowest BCUT2D eigenvalue weighted by Crippen LogP contribution is -2.58. The van der Waals surface area contributed by atoms with Crippen LogP contribution in [0.25, 0.3) is 0 Å². The largest absolute Gasteiger partial charge is 0.346 e. The van der Waals surface area contributed by atoms with E-state index in [1.54, 1.807) is 36.1 Å². The summed E-state index contributed by atoms with van der Waals surface area (Å²) in [5.74, 6) is -5.49. The smallest absolute Gasteiger partial charge is 0.258 e. The minimum Gasteiger partial charge on any atom is -0.346 e. The average molecular weight is 562 g/mol. The van der Waals surface area contributed by atoms with Crippen molar-refractivity contribution in [2.24, 2.45) is 5.92 Å². The Kier molecular flexibility index (Phi) is 7.71. The summed E-state index contributed by atoms with van der Waals surface area (Å²) < 4.78 is 66.5. The fraction of sp³-hybridized carbons (Fsp3) is 0.600. The van der Waals surface area contributed by atoms with Gasteiger partial charge in [0.2, 0.25) is 5.91 Å². The number of nitrogens with zero attached hydrogens (tertiary/aromatic N) is 2. The van der Waals surface area contributed by atoms with Gasteiger partial charge in [-0.1, -0.05) is 29.8 Å². The zero-order chi connectivity index (χ0) is 27.2. The molecule has 0 spiro atoms. The van der Waals surface area contributed by atoms with E-state index in [1.807, 2.05) is 0 Å². The molecule has 0 aromatic heterocycles. The lowest BCUT2D eigenvalue weighted by Gasteiger charge is -2.42. The number of sulfone groups is 1. The Bertz CT molecular complexity index is 1190. The minimum absolute atomic E-state index is 0.0294. The molecule has 5 atom stereocenters. The first kappa shape index (κ1) is 27.9. The van der Waals surface area contributed by atoms with Gasteiger partial charge < -0.3 is 10.2 Å². The third kappa shape index (κ3) is 6.31. The molecule has 2 fully saturated rings. The molecule has 7 nitrogen and oxygen atoms in total. The summed E-state index contributed by atoms with van der Waals surface area (Å²) >= 11 is 6.40. The van der Waals surface area contributed by atoms with Gasteiger partial charge in [-0.25, -0.2) is 21.6 Å². The molecule has 2 amide bonds. The van der Waals surface area contributed by atoms with Crippen molar-refractivity contribution >= 4 is 33.3 Å². The third-order valence-corrected chi connectivity index (χ3v) is 9.09. The van der Waals surface area contributed by atoms with Gasteiger partial charge in [-0.2, -0.15) is 0 Å². The normalized spacial score (nSPS) is 32.0. The summed E-state index contributed by atoms with van der Waals surface area (Å²) in [6.07, 6.45) is 0.811. The quantitative estimate of drug-likeness (QED) is 0.577. The SMILES string of the molecule is CC1CC(F)(C(=O)N[C@@H]2C=CS(=O)(=O)C2)CCN1C(=O)[C@H]1CN(CC(C)(F)F)C[C@H]1c1ccccc1Cl. The molecular formula is C25H31ClF3N3O4S. The van der Waals surface area contributed by atoms with Crippen molar-refractivity contribution in [2.75, 3.05) is 31.9 Å². The van der Waals surface area contributed by atoms with Gasteiger partial charge in [-0.3, -0.25) is 14.5 Å². The lowest BCUT2D eigenvalue weighted by molar-refractivity contribution is -0.148. The first-order valence-electron chi connectivity index (χ1n) is 12.2. The van der Waals surface area contributed by atoms with Crippen LogP contribution in [-0.4, -0.2) is 85.6 Å². The Morgan fingerprint density at radius 2 is 1.95 bits per heavy atom. The topological polar surface area (TPSA) is 86.8 Å². The number of hydrogen-bond donors (Lipinski definition) is 1. The highest BCUT2D eigenvalue weighted by Gasteiger charge is 2.49. The van der Waals surface area contributed by atoms with E-state index in [-0.39, 0.29) is 44.1 Å². The average Bonchev–Trinajstić information content (AvgIpc) is 3.34. The molecule has 1 N–H and O–H groups in total. The van der Waals surface area contributed by atoms with Crippen LogP contribution >= 0.6 is 11.6 Å². The molecule has 1 aromatic carbocycles. The highest BCUT2D eigenvalue weighted by molar-refractivity contribution is 7.94. The van der Waals surface area contributed by atoms with Crippen molar-refractivity contribution in [3.8, 4) is 0 Å². The van der Waals surface area contributed by atoms with Crippen LogP contribution in [0.4, 0.5) is 13.2 Å². The van der Waals surface area contributed by atoms with Crippen LogP contribution in [0.3, 0.4) is 0 Å². The van der Waals surface area contributed by atoms with E-state index in [1.165, 1.54) is 11.0 Å². The van der Waals surface area contributed by atoms with Gasteiger partial charge in [0.25, 0.3) is 11.8 Å². The molecule has 3 aliphatic heterocycles. The standard InChI is InChI=1S/C25H31ClF3N3O4S/c1-16-11-25(29,23(34)30-17-7-10-37(35,36)14-17)8-9-32(16)22(33)20-13-31(15-24(2,27)28)12-19(20)18-5-3-4-6-21(18)26/h3-7,10,16-17,19-20H,8-9,11-15H2,1-2H3,(H,30,34)/t16?,17-,19+,20+,25?/m1/s1. The zero-order valence-corrected chi connectivity index (χ0v) is 22.2. The van der Waals surface area contributed by atoms with Crippen LogP contribution < -0.4 is 5.32 Å². The molecule has 0 bridgehead atoms. The molecule has 2 unspecified atom stereocenters. The number of carbonyl (C=O) groups is 2. The predicted octanol–water partition coefficient (Wildman–Crippen LogP) is 3.16. The monoisotopic (exact) mass is 561 g/mol. The van der Waals surface area contributed by atoms with Crippen molar-refractivity contribution in [2.45, 2.75) is 56.3 Å². The fourth-order valence-corrected chi connectivity index (χ4v) is 7.17.